The summed E-state index contributed by atoms with van der Waals surface area (Å²) in [7, 11) is 0. The lowest BCUT2D eigenvalue weighted by Gasteiger charge is -2.23. The average Bonchev–Trinajstić information content (AvgIpc) is 3.33. The van der Waals surface area contributed by atoms with Crippen LogP contribution in [0.15, 0.2) is 29.4 Å². The number of aromatic nitrogens is 3. The number of hydrogen-bond donors (Lipinski definition) is 0. The van der Waals surface area contributed by atoms with Crippen molar-refractivity contribution in [3.63, 3.8) is 0 Å². The summed E-state index contributed by atoms with van der Waals surface area (Å²) in [4.78, 5) is 14.6. The van der Waals surface area contributed by atoms with Crippen molar-refractivity contribution in [1.29, 1.82) is 0 Å². The summed E-state index contributed by atoms with van der Waals surface area (Å²) in [6, 6.07) is 8.17. The van der Waals surface area contributed by atoms with E-state index in [1.165, 1.54) is 17.3 Å². The maximum absolute atomic E-state index is 12.7. The van der Waals surface area contributed by atoms with Crippen LogP contribution in [0.25, 0.3) is 11.4 Å². The molecule has 1 amide bonds. The molecular weight excluding hydrogens is 360 g/mol. The first-order chi connectivity index (χ1) is 13.1. The Hall–Kier alpha value is -1.86. The van der Waals surface area contributed by atoms with E-state index in [1.54, 1.807) is 0 Å². The second-order valence-corrected chi connectivity index (χ2v) is 7.76. The molecule has 1 aliphatic heterocycles. The van der Waals surface area contributed by atoms with Crippen molar-refractivity contribution >= 4 is 17.7 Å². The fourth-order valence-electron chi connectivity index (χ4n) is 3.37. The third-order valence-electron chi connectivity index (χ3n) is 4.98. The number of ether oxygens (including phenoxy) is 1. The Kier molecular flexibility index (Phi) is 6.90. The molecule has 1 saturated heterocycles. The third-order valence-corrected chi connectivity index (χ3v) is 5.93. The Bertz CT molecular complexity index is 771. The number of rotatable bonds is 8. The van der Waals surface area contributed by atoms with Crippen LogP contribution in [-0.4, -0.2) is 57.6 Å². The molecular formula is C20H28N4O2S. The van der Waals surface area contributed by atoms with E-state index in [9.17, 15) is 4.79 Å². The van der Waals surface area contributed by atoms with Crippen LogP contribution in [-0.2, 0) is 16.1 Å². The fourth-order valence-corrected chi connectivity index (χ4v) is 4.27. The molecule has 0 spiro atoms. The SMILES string of the molecule is CCN(CC1CCOC1)C(=O)CSc1nnc(-c2ccccc2C)n1CC. The van der Waals surface area contributed by atoms with Crippen molar-refractivity contribution in [3.8, 4) is 11.4 Å². The zero-order chi connectivity index (χ0) is 19.2. The lowest BCUT2D eigenvalue weighted by molar-refractivity contribution is -0.128. The summed E-state index contributed by atoms with van der Waals surface area (Å²) >= 11 is 1.47. The highest BCUT2D eigenvalue weighted by atomic mass is 32.2. The average molecular weight is 389 g/mol. The van der Waals surface area contributed by atoms with E-state index in [1.807, 2.05) is 24.0 Å². The molecule has 1 unspecified atom stereocenters. The van der Waals surface area contributed by atoms with Crippen LogP contribution >= 0.6 is 11.8 Å². The molecule has 1 aliphatic rings. The van der Waals surface area contributed by atoms with E-state index in [2.05, 4.69) is 40.7 Å². The van der Waals surface area contributed by atoms with Crippen LogP contribution in [0.4, 0.5) is 0 Å². The smallest absolute Gasteiger partial charge is 0.233 e. The number of benzene rings is 1. The molecule has 3 rings (SSSR count). The number of carbonyl (C=O) groups is 1. The highest BCUT2D eigenvalue weighted by Crippen LogP contribution is 2.26. The second-order valence-electron chi connectivity index (χ2n) is 6.82. The van der Waals surface area contributed by atoms with E-state index in [4.69, 9.17) is 4.74 Å². The van der Waals surface area contributed by atoms with Gasteiger partial charge < -0.3 is 14.2 Å². The Morgan fingerprint density at radius 3 is 2.81 bits per heavy atom. The first-order valence-electron chi connectivity index (χ1n) is 9.61. The number of thioether (sulfide) groups is 1. The van der Waals surface area contributed by atoms with Crippen molar-refractivity contribution in [3.05, 3.63) is 29.8 Å². The van der Waals surface area contributed by atoms with Gasteiger partial charge in [0.25, 0.3) is 0 Å². The lowest BCUT2D eigenvalue weighted by Crippen LogP contribution is -2.36. The van der Waals surface area contributed by atoms with E-state index < -0.39 is 0 Å². The molecule has 0 saturated carbocycles. The predicted molar refractivity (Wildman–Crippen MR) is 108 cm³/mol. The number of carbonyl (C=O) groups excluding carboxylic acids is 1. The van der Waals surface area contributed by atoms with Gasteiger partial charge in [0.05, 0.1) is 12.4 Å². The summed E-state index contributed by atoms with van der Waals surface area (Å²) in [5.74, 6) is 1.86. The minimum atomic E-state index is 0.150. The van der Waals surface area contributed by atoms with Crippen molar-refractivity contribution < 1.29 is 9.53 Å². The van der Waals surface area contributed by atoms with Gasteiger partial charge in [-0.25, -0.2) is 0 Å². The van der Waals surface area contributed by atoms with Crippen LogP contribution in [0.2, 0.25) is 0 Å². The number of hydrogen-bond acceptors (Lipinski definition) is 5. The summed E-state index contributed by atoms with van der Waals surface area (Å²) in [6.07, 6.45) is 1.04. The molecule has 0 bridgehead atoms. The Morgan fingerprint density at radius 1 is 1.33 bits per heavy atom. The van der Waals surface area contributed by atoms with Crippen LogP contribution in [0.1, 0.15) is 25.8 Å². The van der Waals surface area contributed by atoms with E-state index in [0.29, 0.717) is 11.7 Å². The summed E-state index contributed by atoms with van der Waals surface area (Å²) in [5, 5.41) is 9.54. The van der Waals surface area contributed by atoms with Crippen LogP contribution in [0, 0.1) is 12.8 Å². The van der Waals surface area contributed by atoms with Gasteiger partial charge in [0.15, 0.2) is 11.0 Å². The topological polar surface area (TPSA) is 60.2 Å². The maximum atomic E-state index is 12.7. The Balaban J connectivity index is 1.67. The first kappa shape index (κ1) is 19.9. The molecule has 1 fully saturated rings. The molecule has 0 N–H and O–H groups in total. The van der Waals surface area contributed by atoms with Gasteiger partial charge in [-0.15, -0.1) is 10.2 Å². The van der Waals surface area contributed by atoms with Gasteiger partial charge in [-0.3, -0.25) is 4.79 Å². The molecule has 1 atom stereocenters. The van der Waals surface area contributed by atoms with Crippen molar-refractivity contribution in [2.75, 3.05) is 32.1 Å². The fraction of sp³-hybridized carbons (Fsp3) is 0.550. The zero-order valence-corrected chi connectivity index (χ0v) is 17.2. The summed E-state index contributed by atoms with van der Waals surface area (Å²) in [6.45, 7) is 10.0. The second kappa shape index (κ2) is 9.37. The standard InChI is InChI=1S/C20H28N4O2S/c1-4-23(12-16-10-11-26-13-16)18(25)14-27-20-22-21-19(24(20)5-2)17-9-7-6-8-15(17)3/h6-9,16H,4-5,10-14H2,1-3H3. The Labute approximate surface area is 165 Å². The highest BCUT2D eigenvalue weighted by molar-refractivity contribution is 7.99. The van der Waals surface area contributed by atoms with E-state index in [-0.39, 0.29) is 5.91 Å². The summed E-state index contributed by atoms with van der Waals surface area (Å²) < 4.78 is 7.52. The van der Waals surface area contributed by atoms with E-state index >= 15 is 0 Å². The van der Waals surface area contributed by atoms with Crippen molar-refractivity contribution in [2.24, 2.45) is 5.92 Å². The third kappa shape index (κ3) is 4.71. The monoisotopic (exact) mass is 388 g/mol. The molecule has 0 radical (unpaired) electrons. The molecule has 2 heterocycles. The van der Waals surface area contributed by atoms with Gasteiger partial charge in [-0.1, -0.05) is 36.0 Å². The van der Waals surface area contributed by atoms with Gasteiger partial charge in [0.1, 0.15) is 0 Å². The Morgan fingerprint density at radius 2 is 2.15 bits per heavy atom. The van der Waals surface area contributed by atoms with Crippen LogP contribution < -0.4 is 0 Å². The minimum Gasteiger partial charge on any atom is -0.381 e. The van der Waals surface area contributed by atoms with Crippen molar-refractivity contribution in [1.82, 2.24) is 19.7 Å². The number of nitrogens with zero attached hydrogens (tertiary/aromatic N) is 4. The predicted octanol–water partition coefficient (Wildman–Crippen LogP) is 3.25. The van der Waals surface area contributed by atoms with Gasteiger partial charge in [-0.05, 0) is 32.8 Å². The lowest BCUT2D eigenvalue weighted by atomic mass is 10.1. The van der Waals surface area contributed by atoms with Gasteiger partial charge >= 0.3 is 0 Å². The molecule has 146 valence electrons. The van der Waals surface area contributed by atoms with Gasteiger partial charge in [-0.2, -0.15) is 0 Å². The van der Waals surface area contributed by atoms with E-state index in [0.717, 1.165) is 55.8 Å². The van der Waals surface area contributed by atoms with Gasteiger partial charge in [0, 0.05) is 37.7 Å². The minimum absolute atomic E-state index is 0.150. The molecule has 2 aromatic rings. The molecule has 1 aromatic heterocycles. The molecule has 7 heteroatoms. The molecule has 27 heavy (non-hydrogen) atoms. The van der Waals surface area contributed by atoms with Crippen molar-refractivity contribution in [2.45, 2.75) is 38.9 Å². The molecule has 6 nitrogen and oxygen atoms in total. The largest absolute Gasteiger partial charge is 0.381 e. The highest BCUT2D eigenvalue weighted by Gasteiger charge is 2.22. The number of aryl methyl sites for hydroxylation is 1. The first-order valence-corrected chi connectivity index (χ1v) is 10.6. The number of amides is 1. The zero-order valence-electron chi connectivity index (χ0n) is 16.4. The van der Waals surface area contributed by atoms with Gasteiger partial charge in [0.2, 0.25) is 5.91 Å². The molecule has 1 aromatic carbocycles. The van der Waals surface area contributed by atoms with Crippen LogP contribution in [0.3, 0.4) is 0 Å². The quantitative estimate of drug-likeness (QED) is 0.650. The maximum Gasteiger partial charge on any atom is 0.233 e. The molecule has 0 aliphatic carbocycles. The van der Waals surface area contributed by atoms with Crippen LogP contribution in [0.5, 0.6) is 0 Å². The normalized spacial score (nSPS) is 16.6. The summed E-state index contributed by atoms with van der Waals surface area (Å²) in [5.41, 5.74) is 2.25.